The molecule has 1 aliphatic rings. The standard InChI is InChI=1S/C23H34O5S/c1-2-17-12-13-18(29-17)11-9-16(24)10-14-20-19(21(25)15-22(20)26)7-5-3-4-6-8-23(27)28/h3,5,10,12-14,16,19-22,24-26H,2,4,6-9,11,15H2,1H3,(H,27,28)/t16?,19-,20-,21?,22?/m1/s1. The number of allylic oxidation sites excluding steroid dienone is 2. The summed E-state index contributed by atoms with van der Waals surface area (Å²) < 4.78 is 0. The van der Waals surface area contributed by atoms with E-state index in [4.69, 9.17) is 5.11 Å². The molecule has 162 valence electrons. The molecule has 0 aliphatic heterocycles. The van der Waals surface area contributed by atoms with Crippen LogP contribution < -0.4 is 0 Å². The van der Waals surface area contributed by atoms with Crippen LogP contribution in [-0.2, 0) is 17.6 Å². The first kappa shape index (κ1) is 23.8. The summed E-state index contributed by atoms with van der Waals surface area (Å²) in [6.07, 6.45) is 10.7. The molecule has 1 aromatic heterocycles. The third kappa shape index (κ3) is 8.05. The van der Waals surface area contributed by atoms with Gasteiger partial charge in [0.2, 0.25) is 0 Å². The second-order valence-electron chi connectivity index (χ2n) is 7.82. The molecule has 6 heteroatoms. The first-order chi connectivity index (χ1) is 13.9. The number of carbonyl (C=O) groups is 1. The van der Waals surface area contributed by atoms with Gasteiger partial charge in [0.1, 0.15) is 0 Å². The van der Waals surface area contributed by atoms with Crippen molar-refractivity contribution in [3.63, 3.8) is 0 Å². The van der Waals surface area contributed by atoms with Crippen LogP contribution in [-0.4, -0.2) is 44.7 Å². The van der Waals surface area contributed by atoms with Gasteiger partial charge in [-0.3, -0.25) is 4.79 Å². The van der Waals surface area contributed by atoms with Crippen molar-refractivity contribution in [3.05, 3.63) is 46.2 Å². The number of carboxylic acid groups (broad SMARTS) is 1. The molecule has 1 heterocycles. The molecule has 1 saturated carbocycles. The van der Waals surface area contributed by atoms with Gasteiger partial charge in [0, 0.05) is 28.5 Å². The van der Waals surface area contributed by atoms with E-state index in [9.17, 15) is 20.1 Å². The molecule has 0 radical (unpaired) electrons. The summed E-state index contributed by atoms with van der Waals surface area (Å²) in [5.41, 5.74) is 0. The van der Waals surface area contributed by atoms with Gasteiger partial charge in [0.25, 0.3) is 0 Å². The highest BCUT2D eigenvalue weighted by atomic mass is 32.1. The molecule has 1 fully saturated rings. The lowest BCUT2D eigenvalue weighted by atomic mass is 9.89. The smallest absolute Gasteiger partial charge is 0.303 e. The number of hydrogen-bond acceptors (Lipinski definition) is 5. The largest absolute Gasteiger partial charge is 0.481 e. The van der Waals surface area contributed by atoms with E-state index in [2.05, 4.69) is 19.1 Å². The third-order valence-corrected chi connectivity index (χ3v) is 6.85. The Balaban J connectivity index is 1.81. The number of rotatable bonds is 12. The molecule has 0 amide bonds. The highest BCUT2D eigenvalue weighted by Crippen LogP contribution is 2.36. The lowest BCUT2D eigenvalue weighted by Crippen LogP contribution is -2.20. The van der Waals surface area contributed by atoms with Crippen LogP contribution in [0.25, 0.3) is 0 Å². The molecule has 5 nitrogen and oxygen atoms in total. The van der Waals surface area contributed by atoms with E-state index in [-0.39, 0.29) is 18.3 Å². The highest BCUT2D eigenvalue weighted by Gasteiger charge is 2.39. The Labute approximate surface area is 177 Å². The summed E-state index contributed by atoms with van der Waals surface area (Å²) in [5.74, 6) is -1.06. The van der Waals surface area contributed by atoms with Gasteiger partial charge in [0.05, 0.1) is 18.3 Å². The van der Waals surface area contributed by atoms with Gasteiger partial charge in [-0.1, -0.05) is 31.2 Å². The van der Waals surface area contributed by atoms with Crippen molar-refractivity contribution in [2.24, 2.45) is 11.8 Å². The maximum Gasteiger partial charge on any atom is 0.303 e. The Morgan fingerprint density at radius 3 is 2.69 bits per heavy atom. The summed E-state index contributed by atoms with van der Waals surface area (Å²) >= 11 is 1.79. The van der Waals surface area contributed by atoms with Gasteiger partial charge in [-0.05, 0) is 56.6 Å². The van der Waals surface area contributed by atoms with Gasteiger partial charge < -0.3 is 20.4 Å². The minimum atomic E-state index is -0.790. The van der Waals surface area contributed by atoms with Gasteiger partial charge in [-0.2, -0.15) is 0 Å². The van der Waals surface area contributed by atoms with E-state index in [0.29, 0.717) is 32.1 Å². The van der Waals surface area contributed by atoms with Gasteiger partial charge in [-0.15, -0.1) is 11.3 Å². The van der Waals surface area contributed by atoms with Crippen LogP contribution in [0.3, 0.4) is 0 Å². The minimum Gasteiger partial charge on any atom is -0.481 e. The number of aliphatic hydroxyl groups is 3. The maximum absolute atomic E-state index is 10.5. The molecule has 1 aromatic rings. The van der Waals surface area contributed by atoms with E-state index in [1.165, 1.54) is 9.75 Å². The molecule has 29 heavy (non-hydrogen) atoms. The molecule has 3 unspecified atom stereocenters. The molecule has 0 bridgehead atoms. The molecule has 1 aliphatic carbocycles. The summed E-state index contributed by atoms with van der Waals surface area (Å²) in [6, 6.07) is 4.26. The number of aliphatic hydroxyl groups excluding tert-OH is 3. The van der Waals surface area contributed by atoms with Crippen LogP contribution in [0.4, 0.5) is 0 Å². The first-order valence-corrected chi connectivity index (χ1v) is 11.4. The normalized spacial score (nSPS) is 25.9. The average Bonchev–Trinajstić information content (AvgIpc) is 3.25. The van der Waals surface area contributed by atoms with Crippen LogP contribution >= 0.6 is 11.3 Å². The predicted molar refractivity (Wildman–Crippen MR) is 116 cm³/mol. The van der Waals surface area contributed by atoms with Crippen LogP contribution in [0, 0.1) is 11.8 Å². The van der Waals surface area contributed by atoms with E-state index in [1.54, 1.807) is 17.4 Å². The fourth-order valence-corrected chi connectivity index (χ4v) is 4.81. The molecule has 4 N–H and O–H groups in total. The van der Waals surface area contributed by atoms with Crippen molar-refractivity contribution in [1.29, 1.82) is 0 Å². The van der Waals surface area contributed by atoms with Crippen molar-refractivity contribution in [3.8, 4) is 0 Å². The number of hydrogen-bond donors (Lipinski definition) is 4. The van der Waals surface area contributed by atoms with Crippen molar-refractivity contribution < 1.29 is 25.2 Å². The van der Waals surface area contributed by atoms with Crippen molar-refractivity contribution in [2.45, 2.75) is 76.6 Å². The number of thiophene rings is 1. The second-order valence-corrected chi connectivity index (χ2v) is 9.07. The van der Waals surface area contributed by atoms with Gasteiger partial charge in [0.15, 0.2) is 0 Å². The highest BCUT2D eigenvalue weighted by molar-refractivity contribution is 7.11. The van der Waals surface area contributed by atoms with Gasteiger partial charge >= 0.3 is 5.97 Å². The summed E-state index contributed by atoms with van der Waals surface area (Å²) in [7, 11) is 0. The molecular formula is C23H34O5S. The fraction of sp³-hybridized carbons (Fsp3) is 0.609. The molecule has 5 atom stereocenters. The Bertz CT molecular complexity index is 681. The molecule has 0 aromatic carbocycles. The Morgan fingerprint density at radius 1 is 1.24 bits per heavy atom. The zero-order valence-electron chi connectivity index (χ0n) is 17.1. The monoisotopic (exact) mass is 422 g/mol. The predicted octanol–water partition coefficient (Wildman–Crippen LogP) is 3.72. The first-order valence-electron chi connectivity index (χ1n) is 10.6. The molecule has 0 saturated heterocycles. The van der Waals surface area contributed by atoms with E-state index in [1.807, 2.05) is 18.2 Å². The summed E-state index contributed by atoms with van der Waals surface area (Å²) in [4.78, 5) is 13.1. The molecule has 0 spiro atoms. The maximum atomic E-state index is 10.5. The quantitative estimate of drug-likeness (QED) is 0.304. The number of aliphatic carboxylic acids is 1. The Morgan fingerprint density at radius 2 is 2.00 bits per heavy atom. The molecule has 2 rings (SSSR count). The zero-order chi connectivity index (χ0) is 21.2. The van der Waals surface area contributed by atoms with E-state index < -0.39 is 24.3 Å². The Hall–Kier alpha value is -1.47. The topological polar surface area (TPSA) is 98.0 Å². The second kappa shape index (κ2) is 12.3. The summed E-state index contributed by atoms with van der Waals surface area (Å²) in [6.45, 7) is 2.14. The average molecular weight is 423 g/mol. The fourth-order valence-electron chi connectivity index (χ4n) is 3.84. The van der Waals surface area contributed by atoms with Crippen molar-refractivity contribution in [2.75, 3.05) is 0 Å². The SMILES string of the molecule is CCc1ccc(CCC(O)C=C[C@H]2C(O)CC(O)[C@@H]2CC=CCCCC(=O)O)s1. The minimum absolute atomic E-state index is 0.0893. The Kier molecular flexibility index (Phi) is 10.1. The van der Waals surface area contributed by atoms with Crippen LogP contribution in [0.5, 0.6) is 0 Å². The van der Waals surface area contributed by atoms with Crippen LogP contribution in [0.1, 0.15) is 55.2 Å². The zero-order valence-corrected chi connectivity index (χ0v) is 17.9. The molecular weight excluding hydrogens is 388 g/mol. The van der Waals surface area contributed by atoms with E-state index in [0.717, 1.165) is 12.8 Å². The third-order valence-electron chi connectivity index (χ3n) is 5.56. The number of carboxylic acids is 1. The lowest BCUT2D eigenvalue weighted by molar-refractivity contribution is -0.137. The van der Waals surface area contributed by atoms with Crippen molar-refractivity contribution >= 4 is 17.3 Å². The number of aryl methyl sites for hydroxylation is 2. The van der Waals surface area contributed by atoms with Crippen LogP contribution in [0.2, 0.25) is 0 Å². The lowest BCUT2D eigenvalue weighted by Gasteiger charge is -2.19. The van der Waals surface area contributed by atoms with Gasteiger partial charge in [-0.25, -0.2) is 0 Å². The van der Waals surface area contributed by atoms with Crippen molar-refractivity contribution in [1.82, 2.24) is 0 Å². The summed E-state index contributed by atoms with van der Waals surface area (Å²) in [5, 5.41) is 39.5. The number of unbranched alkanes of at least 4 members (excludes halogenated alkanes) is 1. The van der Waals surface area contributed by atoms with Crippen LogP contribution in [0.15, 0.2) is 36.4 Å². The van der Waals surface area contributed by atoms with E-state index >= 15 is 0 Å².